The zero-order valence-electron chi connectivity index (χ0n) is 18.7. The molecule has 0 bridgehead atoms. The van der Waals surface area contributed by atoms with Crippen molar-refractivity contribution in [2.45, 2.75) is 52.4 Å². The van der Waals surface area contributed by atoms with E-state index in [0.717, 1.165) is 41.3 Å². The lowest BCUT2D eigenvalue weighted by Crippen LogP contribution is -2.41. The largest absolute Gasteiger partial charge is 0.355 e. The van der Waals surface area contributed by atoms with E-state index < -0.39 is 5.41 Å². The molecule has 1 aromatic carbocycles. The number of hydrogen-bond donors (Lipinski definition) is 1. The van der Waals surface area contributed by atoms with Gasteiger partial charge in [-0.1, -0.05) is 44.2 Å². The molecule has 1 aromatic rings. The lowest BCUT2D eigenvalue weighted by Gasteiger charge is -2.33. The van der Waals surface area contributed by atoms with Crippen LogP contribution in [0.5, 0.6) is 0 Å². The fraction of sp³-hybridized carbons (Fsp3) is 0.615. The van der Waals surface area contributed by atoms with Crippen LogP contribution in [0.4, 0.5) is 0 Å². The summed E-state index contributed by atoms with van der Waals surface area (Å²) < 4.78 is 0. The van der Waals surface area contributed by atoms with E-state index in [9.17, 15) is 9.59 Å². The number of fused-ring (bicyclic) bond motifs is 2. The number of nitrogens with zero attached hydrogens (tertiary/aromatic N) is 1. The molecular weight excluding hydrogens is 372 g/mol. The monoisotopic (exact) mass is 408 g/mol. The van der Waals surface area contributed by atoms with Crippen molar-refractivity contribution in [1.29, 1.82) is 0 Å². The van der Waals surface area contributed by atoms with Gasteiger partial charge in [-0.3, -0.25) is 9.59 Å². The molecule has 0 spiro atoms. The number of Topliss-reactive ketones (excluding diaryl/α,β-unsaturated/α-hetero) is 1. The molecule has 1 N–H and O–H groups in total. The Hall–Kier alpha value is -1.94. The fourth-order valence-electron chi connectivity index (χ4n) is 5.54. The predicted octanol–water partition coefficient (Wildman–Crippen LogP) is 2.49. The molecule has 3 unspecified atom stereocenters. The van der Waals surface area contributed by atoms with E-state index in [-0.39, 0.29) is 11.8 Å². The Morgan fingerprint density at radius 1 is 1.13 bits per heavy atom. The van der Waals surface area contributed by atoms with Crippen LogP contribution in [-0.4, -0.2) is 43.3 Å². The molecule has 3 atom stereocenters. The summed E-state index contributed by atoms with van der Waals surface area (Å²) in [5.74, 6) is 1.76. The Kier molecular flexibility index (Phi) is 6.15. The van der Waals surface area contributed by atoms with Crippen LogP contribution in [-0.2, 0) is 9.59 Å². The minimum Gasteiger partial charge on any atom is -0.355 e. The first-order valence-corrected chi connectivity index (χ1v) is 11.9. The number of carbonyl (C=O) groups excluding carboxylic acids is 2. The van der Waals surface area contributed by atoms with E-state index in [0.29, 0.717) is 18.1 Å². The molecule has 4 nitrogen and oxygen atoms in total. The maximum atomic E-state index is 13.4. The van der Waals surface area contributed by atoms with Gasteiger partial charge in [-0.2, -0.15) is 0 Å². The second kappa shape index (κ2) is 8.66. The molecule has 3 aliphatic carbocycles. The average Bonchev–Trinajstić information content (AvgIpc) is 3.69. The maximum absolute atomic E-state index is 13.4. The van der Waals surface area contributed by atoms with Gasteiger partial charge in [0, 0.05) is 38.0 Å². The molecule has 5 rings (SSSR count). The van der Waals surface area contributed by atoms with E-state index in [1.807, 2.05) is 38.1 Å². The Morgan fingerprint density at radius 2 is 1.90 bits per heavy atom. The predicted molar refractivity (Wildman–Crippen MR) is 121 cm³/mol. The van der Waals surface area contributed by atoms with Crippen LogP contribution in [0.15, 0.2) is 24.3 Å². The SMILES string of the molecule is CC.CNC(=O)C1=c2ccccc2=CC2(C(=O)CC3CCCN(CC4CC4)C3)CC12. The molecule has 30 heavy (non-hydrogen) atoms. The van der Waals surface area contributed by atoms with Gasteiger partial charge in [-0.05, 0) is 60.9 Å². The van der Waals surface area contributed by atoms with Gasteiger partial charge in [-0.25, -0.2) is 0 Å². The Morgan fingerprint density at radius 3 is 2.63 bits per heavy atom. The molecule has 1 heterocycles. The summed E-state index contributed by atoms with van der Waals surface area (Å²) >= 11 is 0. The third-order valence-electron chi connectivity index (χ3n) is 7.30. The van der Waals surface area contributed by atoms with Crippen LogP contribution < -0.4 is 15.8 Å². The van der Waals surface area contributed by atoms with Crippen LogP contribution >= 0.6 is 0 Å². The van der Waals surface area contributed by atoms with Crippen molar-refractivity contribution < 1.29 is 9.59 Å². The van der Waals surface area contributed by atoms with Crippen molar-refractivity contribution in [3.05, 3.63) is 34.7 Å². The topological polar surface area (TPSA) is 49.4 Å². The van der Waals surface area contributed by atoms with E-state index >= 15 is 0 Å². The molecule has 3 fully saturated rings. The van der Waals surface area contributed by atoms with E-state index in [1.165, 1.54) is 32.4 Å². The maximum Gasteiger partial charge on any atom is 0.247 e. The first kappa shape index (κ1) is 21.3. The van der Waals surface area contributed by atoms with Crippen molar-refractivity contribution >= 4 is 23.3 Å². The van der Waals surface area contributed by atoms with Crippen molar-refractivity contribution in [3.63, 3.8) is 0 Å². The smallest absolute Gasteiger partial charge is 0.247 e. The van der Waals surface area contributed by atoms with Crippen molar-refractivity contribution in [3.8, 4) is 0 Å². The molecule has 4 heteroatoms. The molecule has 1 saturated heterocycles. The Balaban J connectivity index is 0.00000106. The second-order valence-electron chi connectivity index (χ2n) is 9.36. The molecule has 4 aliphatic rings. The highest BCUT2D eigenvalue weighted by atomic mass is 16.2. The second-order valence-corrected chi connectivity index (χ2v) is 9.36. The number of benzene rings is 1. The van der Waals surface area contributed by atoms with Crippen LogP contribution in [0.2, 0.25) is 0 Å². The zero-order valence-corrected chi connectivity index (χ0v) is 18.7. The van der Waals surface area contributed by atoms with E-state index in [2.05, 4.69) is 16.3 Å². The van der Waals surface area contributed by atoms with Gasteiger partial charge in [0.15, 0.2) is 0 Å². The lowest BCUT2D eigenvalue weighted by molar-refractivity contribution is -0.123. The molecule has 1 aliphatic heterocycles. The molecule has 162 valence electrons. The van der Waals surface area contributed by atoms with E-state index in [1.54, 1.807) is 7.05 Å². The highest BCUT2D eigenvalue weighted by Gasteiger charge is 2.61. The summed E-state index contributed by atoms with van der Waals surface area (Å²) in [4.78, 5) is 28.6. The first-order valence-electron chi connectivity index (χ1n) is 11.9. The molecule has 2 saturated carbocycles. The number of ketones is 1. The normalized spacial score (nSPS) is 29.5. The quantitative estimate of drug-likeness (QED) is 0.787. The molecular formula is C26H36N2O2. The average molecular weight is 409 g/mol. The number of nitrogens with one attached hydrogen (secondary N) is 1. The van der Waals surface area contributed by atoms with E-state index in [4.69, 9.17) is 0 Å². The van der Waals surface area contributed by atoms with Gasteiger partial charge in [0.2, 0.25) is 5.91 Å². The van der Waals surface area contributed by atoms with Gasteiger partial charge in [-0.15, -0.1) is 0 Å². The summed E-state index contributed by atoms with van der Waals surface area (Å²) in [7, 11) is 1.68. The number of amides is 1. The number of piperidine rings is 1. The summed E-state index contributed by atoms with van der Waals surface area (Å²) in [5.41, 5.74) is 0.377. The third-order valence-corrected chi connectivity index (χ3v) is 7.30. The minimum absolute atomic E-state index is 0.0338. The zero-order chi connectivity index (χ0) is 21.3. The van der Waals surface area contributed by atoms with Crippen molar-refractivity contribution in [2.75, 3.05) is 26.7 Å². The van der Waals surface area contributed by atoms with Gasteiger partial charge >= 0.3 is 0 Å². The van der Waals surface area contributed by atoms with Crippen LogP contribution in [0.3, 0.4) is 0 Å². The highest BCUT2D eigenvalue weighted by molar-refractivity contribution is 6.18. The summed E-state index contributed by atoms with van der Waals surface area (Å²) in [6.45, 7) is 7.50. The lowest BCUT2D eigenvalue weighted by atomic mass is 9.82. The standard InChI is InChI=1S/C24H30N2O2.C2H6/c1-25-23(28)22-19-7-3-2-6-18(19)12-24(13-20(22)24)21(27)11-17-5-4-10-26(15-17)14-16-8-9-16;1-2/h2-3,6-7,12,16-17,20H,4-5,8-11,13-15H2,1H3,(H,25,28);1-2H3. The molecule has 1 amide bonds. The van der Waals surface area contributed by atoms with Gasteiger partial charge < -0.3 is 10.2 Å². The highest BCUT2D eigenvalue weighted by Crippen LogP contribution is 2.60. The minimum atomic E-state index is -0.436. The Bertz CT molecular complexity index is 933. The Labute approximate surface area is 180 Å². The van der Waals surface area contributed by atoms with Crippen LogP contribution in [0.25, 0.3) is 11.6 Å². The fourth-order valence-corrected chi connectivity index (χ4v) is 5.54. The van der Waals surface area contributed by atoms with Crippen molar-refractivity contribution in [2.24, 2.45) is 23.2 Å². The first-order chi connectivity index (χ1) is 14.6. The molecule has 0 radical (unpaired) electrons. The summed E-state index contributed by atoms with van der Waals surface area (Å²) in [5, 5.41) is 4.84. The van der Waals surface area contributed by atoms with Crippen LogP contribution in [0.1, 0.15) is 52.4 Å². The number of rotatable bonds is 6. The summed E-state index contributed by atoms with van der Waals surface area (Å²) in [6, 6.07) is 8.03. The van der Waals surface area contributed by atoms with Gasteiger partial charge in [0.1, 0.15) is 5.78 Å². The summed E-state index contributed by atoms with van der Waals surface area (Å²) in [6.07, 6.45) is 8.78. The number of likely N-dealkylation sites (tertiary alicyclic amines) is 1. The number of carbonyl (C=O) groups is 2. The van der Waals surface area contributed by atoms with Gasteiger partial charge in [0.05, 0.1) is 5.41 Å². The molecule has 0 aromatic heterocycles. The van der Waals surface area contributed by atoms with Crippen LogP contribution in [0, 0.1) is 23.2 Å². The van der Waals surface area contributed by atoms with Crippen molar-refractivity contribution in [1.82, 2.24) is 10.2 Å². The van der Waals surface area contributed by atoms with Gasteiger partial charge in [0.25, 0.3) is 0 Å². The third kappa shape index (κ3) is 3.99. The number of hydrogen-bond acceptors (Lipinski definition) is 3.